The van der Waals surface area contributed by atoms with Crippen LogP contribution < -0.4 is 10.1 Å². The summed E-state index contributed by atoms with van der Waals surface area (Å²) in [6.07, 6.45) is 0.762. The number of nitrogens with zero attached hydrogens (tertiary/aromatic N) is 2. The molecule has 0 saturated heterocycles. The van der Waals surface area contributed by atoms with Gasteiger partial charge >= 0.3 is 0 Å². The monoisotopic (exact) mass is 383 g/mol. The lowest BCUT2D eigenvalue weighted by molar-refractivity contribution is 0.0954. The van der Waals surface area contributed by atoms with Gasteiger partial charge in [-0.2, -0.15) is 5.10 Å². The number of carbonyl (C=O) groups is 1. The van der Waals surface area contributed by atoms with Gasteiger partial charge in [0, 0.05) is 12.1 Å². The molecule has 140 valence electrons. The number of aryl methyl sites for hydroxylation is 1. The lowest BCUT2D eigenvalue weighted by Gasteiger charge is -2.08. The molecule has 3 rings (SSSR count). The number of aromatic nitrogens is 2. The summed E-state index contributed by atoms with van der Waals surface area (Å²) in [5, 5.41) is 8.03. The van der Waals surface area contributed by atoms with Crippen LogP contribution in [0, 0.1) is 13.8 Å². The van der Waals surface area contributed by atoms with Crippen molar-refractivity contribution in [2.75, 3.05) is 13.7 Å². The summed E-state index contributed by atoms with van der Waals surface area (Å²) < 4.78 is 6.92. The maximum atomic E-state index is 12.3. The van der Waals surface area contributed by atoms with Crippen LogP contribution in [-0.4, -0.2) is 29.3 Å². The highest BCUT2D eigenvalue weighted by Gasteiger charge is 2.11. The van der Waals surface area contributed by atoms with Gasteiger partial charge in [0.05, 0.1) is 29.2 Å². The van der Waals surface area contributed by atoms with Crippen LogP contribution in [0.5, 0.6) is 5.75 Å². The van der Waals surface area contributed by atoms with Crippen LogP contribution in [0.25, 0.3) is 5.69 Å². The van der Waals surface area contributed by atoms with E-state index in [4.69, 9.17) is 16.3 Å². The smallest absolute Gasteiger partial charge is 0.251 e. The Morgan fingerprint density at radius 2 is 1.78 bits per heavy atom. The van der Waals surface area contributed by atoms with Crippen LogP contribution in [0.1, 0.15) is 27.3 Å². The second-order valence-electron chi connectivity index (χ2n) is 6.30. The van der Waals surface area contributed by atoms with E-state index in [1.165, 1.54) is 0 Å². The number of benzene rings is 2. The Hall–Kier alpha value is -2.79. The number of rotatable bonds is 6. The molecule has 1 heterocycles. The second-order valence-corrected chi connectivity index (χ2v) is 6.68. The Bertz CT molecular complexity index is 931. The van der Waals surface area contributed by atoms with Gasteiger partial charge < -0.3 is 10.1 Å². The number of hydrogen-bond donors (Lipinski definition) is 1. The molecule has 0 aliphatic carbocycles. The van der Waals surface area contributed by atoms with Gasteiger partial charge in [-0.25, -0.2) is 4.68 Å². The van der Waals surface area contributed by atoms with Gasteiger partial charge in [-0.1, -0.05) is 23.7 Å². The molecule has 0 atom stereocenters. The molecule has 1 aromatic heterocycles. The molecule has 3 aromatic rings. The number of halogens is 1. The highest BCUT2D eigenvalue weighted by molar-refractivity contribution is 6.31. The van der Waals surface area contributed by atoms with Crippen LogP contribution in [0.2, 0.25) is 5.02 Å². The van der Waals surface area contributed by atoms with Gasteiger partial charge in [-0.05, 0) is 62.2 Å². The second kappa shape index (κ2) is 8.27. The summed E-state index contributed by atoms with van der Waals surface area (Å²) in [7, 11) is 1.64. The molecule has 27 heavy (non-hydrogen) atoms. The van der Waals surface area contributed by atoms with Crippen molar-refractivity contribution in [1.82, 2.24) is 15.1 Å². The zero-order valence-corrected chi connectivity index (χ0v) is 16.4. The number of hydrogen-bond acceptors (Lipinski definition) is 3. The van der Waals surface area contributed by atoms with E-state index in [1.54, 1.807) is 23.9 Å². The normalized spacial score (nSPS) is 10.7. The summed E-state index contributed by atoms with van der Waals surface area (Å²) in [4.78, 5) is 12.3. The zero-order valence-electron chi connectivity index (χ0n) is 15.6. The van der Waals surface area contributed by atoms with Crippen LogP contribution in [0.4, 0.5) is 0 Å². The molecule has 5 nitrogen and oxygen atoms in total. The predicted octanol–water partition coefficient (Wildman–Crippen LogP) is 4.12. The van der Waals surface area contributed by atoms with Gasteiger partial charge in [0.15, 0.2) is 0 Å². The van der Waals surface area contributed by atoms with Crippen LogP contribution in [0.15, 0.2) is 48.5 Å². The molecule has 0 saturated carbocycles. The van der Waals surface area contributed by atoms with Crippen LogP contribution in [0.3, 0.4) is 0 Å². The first kappa shape index (κ1) is 19.0. The molecule has 0 aliphatic rings. The third-order valence-corrected chi connectivity index (χ3v) is 4.98. The largest absolute Gasteiger partial charge is 0.497 e. The topological polar surface area (TPSA) is 56.1 Å². The molecule has 1 amide bonds. The van der Waals surface area contributed by atoms with Crippen molar-refractivity contribution >= 4 is 17.5 Å². The van der Waals surface area contributed by atoms with E-state index in [-0.39, 0.29) is 5.91 Å². The molecule has 1 N–H and O–H groups in total. The van der Waals surface area contributed by atoms with Gasteiger partial charge in [0.1, 0.15) is 5.75 Å². The van der Waals surface area contributed by atoms with E-state index in [0.717, 1.165) is 34.8 Å². The fourth-order valence-electron chi connectivity index (χ4n) is 2.84. The van der Waals surface area contributed by atoms with Crippen molar-refractivity contribution in [3.63, 3.8) is 0 Å². The van der Waals surface area contributed by atoms with Crippen molar-refractivity contribution in [2.45, 2.75) is 20.3 Å². The Morgan fingerprint density at radius 1 is 1.11 bits per heavy atom. The molecule has 0 aliphatic heterocycles. The minimum atomic E-state index is -0.0959. The van der Waals surface area contributed by atoms with E-state index in [9.17, 15) is 4.79 Å². The summed E-state index contributed by atoms with van der Waals surface area (Å²) in [5.41, 5.74) is 4.30. The molecular weight excluding hydrogens is 362 g/mol. The molecular formula is C21H22ClN3O2. The summed E-state index contributed by atoms with van der Waals surface area (Å²) in [6.45, 7) is 4.36. The molecule has 6 heteroatoms. The lowest BCUT2D eigenvalue weighted by atomic mass is 10.1. The van der Waals surface area contributed by atoms with Crippen molar-refractivity contribution in [3.05, 3.63) is 76.1 Å². The molecule has 0 unspecified atom stereocenters. The van der Waals surface area contributed by atoms with E-state index in [2.05, 4.69) is 10.4 Å². The quantitative estimate of drug-likeness (QED) is 0.696. The first-order valence-electron chi connectivity index (χ1n) is 8.73. The molecule has 2 aromatic carbocycles. The number of methoxy groups -OCH3 is 1. The summed E-state index contributed by atoms with van der Waals surface area (Å²) >= 11 is 6.20. The van der Waals surface area contributed by atoms with Crippen LogP contribution >= 0.6 is 11.6 Å². The van der Waals surface area contributed by atoms with Crippen LogP contribution in [-0.2, 0) is 6.42 Å². The number of amides is 1. The average molecular weight is 384 g/mol. The molecule has 0 fully saturated rings. The highest BCUT2D eigenvalue weighted by Crippen LogP contribution is 2.22. The summed E-state index contributed by atoms with van der Waals surface area (Å²) in [5.74, 6) is 0.730. The maximum absolute atomic E-state index is 12.3. The maximum Gasteiger partial charge on any atom is 0.251 e. The Kier molecular flexibility index (Phi) is 5.81. The van der Waals surface area contributed by atoms with Gasteiger partial charge in [0.2, 0.25) is 0 Å². The first-order chi connectivity index (χ1) is 13.0. The first-order valence-corrected chi connectivity index (χ1v) is 9.10. The lowest BCUT2D eigenvalue weighted by Crippen LogP contribution is -2.25. The van der Waals surface area contributed by atoms with Gasteiger partial charge in [-0.3, -0.25) is 4.79 Å². The zero-order chi connectivity index (χ0) is 19.4. The predicted molar refractivity (Wildman–Crippen MR) is 107 cm³/mol. The van der Waals surface area contributed by atoms with Gasteiger partial charge in [0.25, 0.3) is 5.91 Å². The minimum Gasteiger partial charge on any atom is -0.497 e. The van der Waals surface area contributed by atoms with E-state index in [1.807, 2.05) is 50.2 Å². The Labute approximate surface area is 163 Å². The molecule has 0 bridgehead atoms. The standard InChI is InChI=1S/C21H22ClN3O2/c1-14-20(22)15(2)25(24-14)18-8-6-17(7-9-18)21(26)23-13-12-16-4-10-19(27-3)11-5-16/h4-11H,12-13H2,1-3H3,(H,23,26). The Morgan fingerprint density at radius 3 is 2.33 bits per heavy atom. The highest BCUT2D eigenvalue weighted by atomic mass is 35.5. The third kappa shape index (κ3) is 4.31. The van der Waals surface area contributed by atoms with Crippen molar-refractivity contribution in [2.24, 2.45) is 0 Å². The minimum absolute atomic E-state index is 0.0959. The number of carbonyl (C=O) groups excluding carboxylic acids is 1. The fraction of sp³-hybridized carbons (Fsp3) is 0.238. The third-order valence-electron chi connectivity index (χ3n) is 4.44. The van der Waals surface area contributed by atoms with E-state index >= 15 is 0 Å². The average Bonchev–Trinajstić information content (AvgIpc) is 2.96. The Balaban J connectivity index is 1.59. The van der Waals surface area contributed by atoms with Crippen molar-refractivity contribution in [1.29, 1.82) is 0 Å². The number of nitrogens with one attached hydrogen (secondary N) is 1. The molecule has 0 radical (unpaired) electrons. The number of ether oxygens (including phenoxy) is 1. The molecule has 0 spiro atoms. The fourth-order valence-corrected chi connectivity index (χ4v) is 2.96. The van der Waals surface area contributed by atoms with E-state index in [0.29, 0.717) is 17.1 Å². The van der Waals surface area contributed by atoms with Crippen molar-refractivity contribution < 1.29 is 9.53 Å². The van der Waals surface area contributed by atoms with E-state index < -0.39 is 0 Å². The van der Waals surface area contributed by atoms with Crippen molar-refractivity contribution in [3.8, 4) is 11.4 Å². The summed E-state index contributed by atoms with van der Waals surface area (Å²) in [6, 6.07) is 15.2. The SMILES string of the molecule is COc1ccc(CCNC(=O)c2ccc(-n3nc(C)c(Cl)c3C)cc2)cc1. The van der Waals surface area contributed by atoms with Gasteiger partial charge in [-0.15, -0.1) is 0 Å².